The summed E-state index contributed by atoms with van der Waals surface area (Å²) < 4.78 is 4.90. The first-order chi connectivity index (χ1) is 12.9. The lowest BCUT2D eigenvalue weighted by molar-refractivity contribution is -0.148. The second-order valence-electron chi connectivity index (χ2n) is 5.55. The van der Waals surface area contributed by atoms with E-state index in [1.165, 1.54) is 25.1 Å². The first-order valence-electron chi connectivity index (χ1n) is 7.92. The van der Waals surface area contributed by atoms with E-state index in [9.17, 15) is 14.4 Å². The van der Waals surface area contributed by atoms with Crippen molar-refractivity contribution in [2.45, 2.75) is 13.0 Å². The molecular weight excluding hydrogens is 370 g/mol. The van der Waals surface area contributed by atoms with Gasteiger partial charge in [-0.05, 0) is 49.4 Å². The van der Waals surface area contributed by atoms with E-state index < -0.39 is 30.4 Å². The summed E-state index contributed by atoms with van der Waals surface area (Å²) in [6.07, 6.45) is 0. The number of nitrogens with one attached hydrogen (secondary N) is 2. The lowest BCUT2D eigenvalue weighted by atomic mass is 10.2. The lowest BCUT2D eigenvalue weighted by Gasteiger charge is -2.13. The van der Waals surface area contributed by atoms with Gasteiger partial charge >= 0.3 is 5.97 Å². The zero-order valence-corrected chi connectivity index (χ0v) is 15.1. The van der Waals surface area contributed by atoms with Crippen LogP contribution < -0.4 is 10.6 Å². The highest BCUT2D eigenvalue weighted by Crippen LogP contribution is 2.10. The second kappa shape index (κ2) is 9.36. The van der Waals surface area contributed by atoms with Crippen molar-refractivity contribution in [3.05, 3.63) is 64.7 Å². The number of esters is 1. The Kier molecular flexibility index (Phi) is 6.92. The molecule has 8 heteroatoms. The van der Waals surface area contributed by atoms with Gasteiger partial charge < -0.3 is 15.4 Å². The van der Waals surface area contributed by atoms with Crippen LogP contribution in [-0.4, -0.2) is 30.4 Å². The van der Waals surface area contributed by atoms with Crippen molar-refractivity contribution in [2.75, 3.05) is 11.9 Å². The van der Waals surface area contributed by atoms with Crippen molar-refractivity contribution in [1.82, 2.24) is 5.32 Å². The van der Waals surface area contributed by atoms with Crippen LogP contribution in [0.4, 0.5) is 5.69 Å². The van der Waals surface area contributed by atoms with Crippen LogP contribution in [-0.2, 0) is 14.3 Å². The van der Waals surface area contributed by atoms with Crippen LogP contribution in [0.5, 0.6) is 0 Å². The number of rotatable bonds is 6. The predicted molar refractivity (Wildman–Crippen MR) is 99.1 cm³/mol. The third-order valence-corrected chi connectivity index (χ3v) is 3.68. The largest absolute Gasteiger partial charge is 0.454 e. The predicted octanol–water partition coefficient (Wildman–Crippen LogP) is 2.51. The van der Waals surface area contributed by atoms with Crippen LogP contribution in [0.25, 0.3) is 0 Å². The maximum absolute atomic E-state index is 12.0. The Balaban J connectivity index is 1.81. The Labute approximate surface area is 160 Å². The Hall–Kier alpha value is -3.37. The number of carbonyl (C=O) groups is 3. The minimum absolute atomic E-state index is 0.342. The average Bonchev–Trinajstić information content (AvgIpc) is 2.66. The maximum atomic E-state index is 12.0. The quantitative estimate of drug-likeness (QED) is 0.743. The van der Waals surface area contributed by atoms with Crippen LogP contribution in [0, 0.1) is 11.3 Å². The highest BCUT2D eigenvalue weighted by atomic mass is 35.5. The first kappa shape index (κ1) is 19.9. The van der Waals surface area contributed by atoms with Gasteiger partial charge in [0.15, 0.2) is 6.61 Å². The molecule has 2 rings (SSSR count). The summed E-state index contributed by atoms with van der Waals surface area (Å²) in [5.41, 5.74) is 1.15. The molecule has 0 saturated carbocycles. The number of ether oxygens (including phenoxy) is 1. The third-order valence-electron chi connectivity index (χ3n) is 3.43. The highest BCUT2D eigenvalue weighted by Gasteiger charge is 2.19. The van der Waals surface area contributed by atoms with Crippen molar-refractivity contribution in [3.8, 4) is 6.07 Å². The third kappa shape index (κ3) is 6.13. The molecular formula is C19H16ClN3O4. The average molecular weight is 386 g/mol. The monoisotopic (exact) mass is 385 g/mol. The fourth-order valence-corrected chi connectivity index (χ4v) is 2.19. The van der Waals surface area contributed by atoms with Gasteiger partial charge in [0.25, 0.3) is 11.8 Å². The molecule has 0 radical (unpaired) electrons. The molecule has 0 spiro atoms. The molecule has 27 heavy (non-hydrogen) atoms. The minimum atomic E-state index is -0.942. The van der Waals surface area contributed by atoms with E-state index in [0.29, 0.717) is 21.8 Å². The van der Waals surface area contributed by atoms with Crippen molar-refractivity contribution >= 4 is 35.1 Å². The van der Waals surface area contributed by atoms with Crippen LogP contribution in [0.1, 0.15) is 22.8 Å². The van der Waals surface area contributed by atoms with Gasteiger partial charge in [0.1, 0.15) is 6.04 Å². The number of carbonyl (C=O) groups excluding carboxylic acids is 3. The van der Waals surface area contributed by atoms with Crippen LogP contribution in [0.3, 0.4) is 0 Å². The normalized spacial score (nSPS) is 11.0. The SMILES string of the molecule is C[C@H](NC(=O)c1ccc(Cl)cc1)C(=O)OCC(=O)Nc1cccc(C#N)c1. The molecule has 1 atom stereocenters. The van der Waals surface area contributed by atoms with Gasteiger partial charge in [0.2, 0.25) is 0 Å². The molecule has 0 aliphatic carbocycles. The Morgan fingerprint density at radius 3 is 2.56 bits per heavy atom. The molecule has 2 amide bonds. The molecule has 2 aromatic carbocycles. The second-order valence-corrected chi connectivity index (χ2v) is 5.99. The molecule has 0 aliphatic heterocycles. The number of hydrogen-bond acceptors (Lipinski definition) is 5. The molecule has 2 N–H and O–H groups in total. The number of benzene rings is 2. The molecule has 0 unspecified atom stereocenters. The highest BCUT2D eigenvalue weighted by molar-refractivity contribution is 6.30. The number of hydrogen-bond donors (Lipinski definition) is 2. The zero-order valence-electron chi connectivity index (χ0n) is 14.4. The first-order valence-corrected chi connectivity index (χ1v) is 8.30. The standard InChI is InChI=1S/C19H16ClN3O4/c1-12(22-18(25)14-5-7-15(20)8-6-14)19(26)27-11-17(24)23-16-4-2-3-13(9-16)10-21/h2-9,12H,11H2,1H3,(H,22,25)(H,23,24)/t12-/m0/s1. The smallest absolute Gasteiger partial charge is 0.328 e. The zero-order chi connectivity index (χ0) is 19.8. The number of halogens is 1. The molecule has 0 heterocycles. The van der Waals surface area contributed by atoms with Crippen LogP contribution >= 0.6 is 11.6 Å². The van der Waals surface area contributed by atoms with Gasteiger partial charge in [-0.1, -0.05) is 17.7 Å². The molecule has 0 aromatic heterocycles. The van der Waals surface area contributed by atoms with E-state index in [2.05, 4.69) is 10.6 Å². The lowest BCUT2D eigenvalue weighted by Crippen LogP contribution is -2.40. The summed E-state index contributed by atoms with van der Waals surface area (Å²) in [5, 5.41) is 14.3. The van der Waals surface area contributed by atoms with Gasteiger partial charge in [0.05, 0.1) is 11.6 Å². The Morgan fingerprint density at radius 1 is 1.19 bits per heavy atom. The summed E-state index contributed by atoms with van der Waals surface area (Å²) in [6, 6.07) is 13.5. The molecule has 0 saturated heterocycles. The van der Waals surface area contributed by atoms with E-state index >= 15 is 0 Å². The minimum Gasteiger partial charge on any atom is -0.454 e. The van der Waals surface area contributed by atoms with Gasteiger partial charge in [-0.25, -0.2) is 4.79 Å². The van der Waals surface area contributed by atoms with Crippen molar-refractivity contribution in [1.29, 1.82) is 5.26 Å². The van der Waals surface area contributed by atoms with E-state index in [1.54, 1.807) is 30.3 Å². The summed E-state index contributed by atoms with van der Waals surface area (Å²) >= 11 is 5.76. The number of anilines is 1. The molecule has 7 nitrogen and oxygen atoms in total. The van der Waals surface area contributed by atoms with Gasteiger partial charge in [-0.2, -0.15) is 5.26 Å². The Morgan fingerprint density at radius 2 is 1.89 bits per heavy atom. The van der Waals surface area contributed by atoms with E-state index in [1.807, 2.05) is 6.07 Å². The van der Waals surface area contributed by atoms with E-state index in [-0.39, 0.29) is 0 Å². The van der Waals surface area contributed by atoms with Crippen molar-refractivity contribution in [3.63, 3.8) is 0 Å². The molecule has 2 aromatic rings. The van der Waals surface area contributed by atoms with E-state index in [4.69, 9.17) is 21.6 Å². The number of nitriles is 1. The molecule has 138 valence electrons. The summed E-state index contributed by atoms with van der Waals surface area (Å²) in [5.74, 6) is -1.78. The fourth-order valence-electron chi connectivity index (χ4n) is 2.07. The van der Waals surface area contributed by atoms with Crippen LogP contribution in [0.15, 0.2) is 48.5 Å². The molecule has 0 fully saturated rings. The van der Waals surface area contributed by atoms with Gasteiger partial charge in [-0.15, -0.1) is 0 Å². The van der Waals surface area contributed by atoms with Crippen LogP contribution in [0.2, 0.25) is 5.02 Å². The molecule has 0 aliphatic rings. The Bertz CT molecular complexity index is 891. The maximum Gasteiger partial charge on any atom is 0.328 e. The molecule has 0 bridgehead atoms. The summed E-state index contributed by atoms with van der Waals surface area (Å²) in [4.78, 5) is 35.8. The van der Waals surface area contributed by atoms with Crippen molar-refractivity contribution in [2.24, 2.45) is 0 Å². The number of nitrogens with zero attached hydrogens (tertiary/aromatic N) is 1. The summed E-state index contributed by atoms with van der Waals surface area (Å²) in [7, 11) is 0. The topological polar surface area (TPSA) is 108 Å². The number of amides is 2. The van der Waals surface area contributed by atoms with E-state index in [0.717, 1.165) is 0 Å². The fraction of sp³-hybridized carbons (Fsp3) is 0.158. The van der Waals surface area contributed by atoms with Gasteiger partial charge in [0, 0.05) is 16.3 Å². The summed E-state index contributed by atoms with van der Waals surface area (Å²) in [6.45, 7) is 0.932. The van der Waals surface area contributed by atoms with Gasteiger partial charge in [-0.3, -0.25) is 9.59 Å². The van der Waals surface area contributed by atoms with Crippen molar-refractivity contribution < 1.29 is 19.1 Å².